The predicted molar refractivity (Wildman–Crippen MR) is 232 cm³/mol. The lowest BCUT2D eigenvalue weighted by atomic mass is 9.99. The highest BCUT2D eigenvalue weighted by Gasteiger charge is 2.23. The average molecular weight is 720 g/mol. The molecule has 0 amide bonds. The maximum Gasteiger partial charge on any atom is 0.165 e. The van der Waals surface area contributed by atoms with Crippen molar-refractivity contribution in [2.75, 3.05) is 0 Å². The molecule has 12 rings (SSSR count). The third-order valence-electron chi connectivity index (χ3n) is 11.0. The first-order chi connectivity index (χ1) is 27.3. The summed E-state index contributed by atoms with van der Waals surface area (Å²) >= 11 is 1.83. The van der Waals surface area contributed by atoms with Gasteiger partial charge in [0.05, 0.1) is 22.1 Å². The van der Waals surface area contributed by atoms with E-state index < -0.39 is 0 Å². The van der Waals surface area contributed by atoms with Crippen LogP contribution in [0.15, 0.2) is 180 Å². The molecule has 0 aliphatic heterocycles. The van der Waals surface area contributed by atoms with E-state index in [1.807, 2.05) is 47.7 Å². The van der Waals surface area contributed by atoms with Crippen LogP contribution in [0.3, 0.4) is 0 Å². The molecule has 4 aromatic heterocycles. The Bertz CT molecular complexity index is 3630. The lowest BCUT2D eigenvalue weighted by molar-refractivity contribution is 0.669. The van der Waals surface area contributed by atoms with E-state index in [-0.39, 0.29) is 0 Å². The zero-order valence-electron chi connectivity index (χ0n) is 29.4. The molecule has 55 heavy (non-hydrogen) atoms. The van der Waals surface area contributed by atoms with E-state index in [0.717, 1.165) is 71.9 Å². The standard InChI is InChI=1S/C50H29N3OS/c1-2-15-31-30(14-1)34-18-5-11-26-46(34)55-47-27-12-6-19-35(47)39-29-44-40(28-38(31)39)32-16-3-9-24-43(32)53(44)50-48(51-41-22-7-8-23-42(41)52-50)37-21-13-20-36-33-17-4-10-25-45(33)54-49(36)37/h1-29H. The minimum absolute atomic E-state index is 0.760. The number of benzene rings is 8. The van der Waals surface area contributed by atoms with Gasteiger partial charge in [-0.15, -0.1) is 11.3 Å². The number of para-hydroxylation sites is 5. The van der Waals surface area contributed by atoms with Gasteiger partial charge in [0, 0.05) is 36.5 Å². The molecule has 5 heteroatoms. The van der Waals surface area contributed by atoms with E-state index in [9.17, 15) is 0 Å². The largest absolute Gasteiger partial charge is 0.455 e. The summed E-state index contributed by atoms with van der Waals surface area (Å²) in [5.74, 6) is 0.760. The monoisotopic (exact) mass is 719 g/mol. The molecule has 0 aliphatic carbocycles. The lowest BCUT2D eigenvalue weighted by Crippen LogP contribution is -2.03. The third-order valence-corrected chi connectivity index (χ3v) is 12.2. The highest BCUT2D eigenvalue weighted by atomic mass is 32.1. The van der Waals surface area contributed by atoms with Gasteiger partial charge in [0.15, 0.2) is 5.82 Å². The summed E-state index contributed by atoms with van der Waals surface area (Å²) in [6, 6.07) is 62.6. The second-order valence-corrected chi connectivity index (χ2v) is 15.2. The quantitative estimate of drug-likeness (QED) is 0.179. The van der Waals surface area contributed by atoms with Gasteiger partial charge in [0.25, 0.3) is 0 Å². The first-order valence-electron chi connectivity index (χ1n) is 18.5. The van der Waals surface area contributed by atoms with Crippen molar-refractivity contribution >= 4 is 108 Å². The van der Waals surface area contributed by atoms with Gasteiger partial charge in [-0.1, -0.05) is 121 Å². The molecule has 0 bridgehead atoms. The number of aromatic nitrogens is 3. The van der Waals surface area contributed by atoms with E-state index in [0.29, 0.717) is 0 Å². The summed E-state index contributed by atoms with van der Waals surface area (Å²) < 4.78 is 11.4. The molecule has 4 nitrogen and oxygen atoms in total. The number of hydrogen-bond acceptors (Lipinski definition) is 4. The highest BCUT2D eigenvalue weighted by molar-refractivity contribution is 7.24. The van der Waals surface area contributed by atoms with Crippen molar-refractivity contribution in [1.29, 1.82) is 0 Å². The highest BCUT2D eigenvalue weighted by Crippen LogP contribution is 2.43. The first kappa shape index (κ1) is 30.4. The molecular weight excluding hydrogens is 691 g/mol. The van der Waals surface area contributed by atoms with Crippen LogP contribution in [0.25, 0.3) is 114 Å². The van der Waals surface area contributed by atoms with Gasteiger partial charge in [-0.3, -0.25) is 4.57 Å². The Kier molecular flexibility index (Phi) is 6.47. The fourth-order valence-electron chi connectivity index (χ4n) is 8.58. The van der Waals surface area contributed by atoms with Crippen molar-refractivity contribution in [3.63, 3.8) is 0 Å². The molecule has 0 unspecified atom stereocenters. The van der Waals surface area contributed by atoms with Gasteiger partial charge < -0.3 is 4.42 Å². The minimum atomic E-state index is 0.760. The second-order valence-electron chi connectivity index (χ2n) is 14.1. The normalized spacial score (nSPS) is 12.0. The van der Waals surface area contributed by atoms with Crippen molar-refractivity contribution in [2.45, 2.75) is 0 Å². The van der Waals surface area contributed by atoms with Crippen LogP contribution in [0.1, 0.15) is 0 Å². The van der Waals surface area contributed by atoms with Crippen LogP contribution >= 0.6 is 11.3 Å². The molecule has 0 spiro atoms. The number of furan rings is 1. The molecule has 0 N–H and O–H groups in total. The Labute approximate surface area is 318 Å². The second kappa shape index (κ2) is 11.7. The first-order valence-corrected chi connectivity index (χ1v) is 19.3. The van der Waals surface area contributed by atoms with Crippen LogP contribution in [0.2, 0.25) is 0 Å². The summed E-state index contributed by atoms with van der Waals surface area (Å²) in [6.45, 7) is 0. The van der Waals surface area contributed by atoms with Crippen molar-refractivity contribution in [3.05, 3.63) is 176 Å². The zero-order chi connectivity index (χ0) is 36.0. The van der Waals surface area contributed by atoms with Gasteiger partial charge in [0.1, 0.15) is 16.9 Å². The van der Waals surface area contributed by atoms with Gasteiger partial charge in [-0.05, 0) is 86.9 Å². The summed E-state index contributed by atoms with van der Waals surface area (Å²) in [7, 11) is 0. The van der Waals surface area contributed by atoms with E-state index in [4.69, 9.17) is 14.4 Å². The molecule has 256 valence electrons. The lowest BCUT2D eigenvalue weighted by Gasteiger charge is -2.14. The fraction of sp³-hybridized carbons (Fsp3) is 0. The van der Waals surface area contributed by atoms with Crippen LogP contribution in [0.4, 0.5) is 0 Å². The Morgan fingerprint density at radius 3 is 1.75 bits per heavy atom. The molecular formula is C50H29N3OS. The van der Waals surface area contributed by atoms with E-state index in [1.54, 1.807) is 0 Å². The fourth-order valence-corrected chi connectivity index (χ4v) is 9.68. The summed E-state index contributed by atoms with van der Waals surface area (Å²) in [6.07, 6.45) is 0. The smallest absolute Gasteiger partial charge is 0.165 e. The Morgan fingerprint density at radius 1 is 0.400 bits per heavy atom. The molecule has 0 saturated carbocycles. The molecule has 0 saturated heterocycles. The van der Waals surface area contributed by atoms with E-state index in [1.165, 1.54) is 41.7 Å². The van der Waals surface area contributed by atoms with Crippen molar-refractivity contribution in [1.82, 2.24) is 14.5 Å². The predicted octanol–water partition coefficient (Wildman–Crippen LogP) is 14.1. The van der Waals surface area contributed by atoms with E-state index in [2.05, 4.69) is 144 Å². The van der Waals surface area contributed by atoms with Gasteiger partial charge in [-0.25, -0.2) is 9.97 Å². The van der Waals surface area contributed by atoms with Crippen LogP contribution in [-0.4, -0.2) is 14.5 Å². The van der Waals surface area contributed by atoms with E-state index >= 15 is 0 Å². The number of nitrogens with zero attached hydrogens (tertiary/aromatic N) is 3. The number of rotatable bonds is 2. The molecule has 0 aliphatic rings. The Morgan fingerprint density at radius 2 is 0.964 bits per heavy atom. The van der Waals surface area contributed by atoms with Crippen molar-refractivity contribution in [2.24, 2.45) is 0 Å². The number of hydrogen-bond donors (Lipinski definition) is 0. The zero-order valence-corrected chi connectivity index (χ0v) is 30.2. The SMILES string of the molecule is c1ccc2nc(-n3c4ccccc4c4cc5c(cc43)c3ccccc3sc3ccccc3c3ccccc35)c(-c3cccc4c3oc3ccccc34)nc2c1. The molecule has 0 radical (unpaired) electrons. The number of fused-ring (bicyclic) bond motifs is 14. The molecule has 0 atom stereocenters. The summed E-state index contributed by atoms with van der Waals surface area (Å²) in [5.41, 5.74) is 7.13. The Balaban J connectivity index is 1.29. The van der Waals surface area contributed by atoms with Crippen LogP contribution in [-0.2, 0) is 0 Å². The van der Waals surface area contributed by atoms with Crippen LogP contribution in [0.5, 0.6) is 0 Å². The van der Waals surface area contributed by atoms with Crippen molar-refractivity contribution < 1.29 is 4.42 Å². The molecule has 0 fully saturated rings. The maximum absolute atomic E-state index is 6.63. The third kappa shape index (κ3) is 4.51. The summed E-state index contributed by atoms with van der Waals surface area (Å²) in [4.78, 5) is 10.9. The van der Waals surface area contributed by atoms with Gasteiger partial charge in [-0.2, -0.15) is 0 Å². The molecule has 8 aromatic carbocycles. The van der Waals surface area contributed by atoms with Crippen LogP contribution in [0, 0.1) is 0 Å². The molecule has 4 heterocycles. The summed E-state index contributed by atoms with van der Waals surface area (Å²) in [5, 5.41) is 11.7. The van der Waals surface area contributed by atoms with Gasteiger partial charge in [0.2, 0.25) is 0 Å². The minimum Gasteiger partial charge on any atom is -0.455 e. The topological polar surface area (TPSA) is 43.9 Å². The average Bonchev–Trinajstić information content (AvgIpc) is 3.79. The van der Waals surface area contributed by atoms with Crippen molar-refractivity contribution in [3.8, 4) is 17.1 Å². The van der Waals surface area contributed by atoms with Gasteiger partial charge >= 0.3 is 0 Å². The molecule has 12 aromatic rings. The maximum atomic E-state index is 6.63. The Hall–Kier alpha value is -7.08. The van der Waals surface area contributed by atoms with Crippen LogP contribution < -0.4 is 0 Å².